The van der Waals surface area contributed by atoms with Gasteiger partial charge in [-0.1, -0.05) is 23.7 Å². The Bertz CT molecular complexity index is 1280. The molecule has 178 valence electrons. The highest BCUT2D eigenvalue weighted by atomic mass is 35.5. The fraction of sp³-hybridized carbons (Fsp3) is 0.167. The summed E-state index contributed by atoms with van der Waals surface area (Å²) >= 11 is 5.91. The zero-order chi connectivity index (χ0) is 24.7. The van der Waals surface area contributed by atoms with Crippen LogP contribution in [0.3, 0.4) is 0 Å². The van der Waals surface area contributed by atoms with Crippen LogP contribution in [0, 0.1) is 0 Å². The Morgan fingerprint density at radius 3 is 2.29 bits per heavy atom. The summed E-state index contributed by atoms with van der Waals surface area (Å²) in [4.78, 5) is 12.5. The lowest BCUT2D eigenvalue weighted by atomic mass is 10.2. The van der Waals surface area contributed by atoms with Crippen LogP contribution in [0.25, 0.3) is 0 Å². The number of carbonyl (C=O) groups is 1. The van der Waals surface area contributed by atoms with Crippen LogP contribution in [0.2, 0.25) is 5.02 Å². The molecule has 1 amide bonds. The molecule has 0 saturated carbocycles. The molecule has 34 heavy (non-hydrogen) atoms. The molecule has 3 aromatic rings. The lowest BCUT2D eigenvalue weighted by molar-refractivity contribution is 0.0955. The van der Waals surface area contributed by atoms with Gasteiger partial charge in [-0.25, -0.2) is 13.8 Å². The van der Waals surface area contributed by atoms with E-state index in [0.29, 0.717) is 33.3 Å². The first kappa shape index (κ1) is 25.1. The molecule has 0 unspecified atom stereocenters. The second-order valence-electron chi connectivity index (χ2n) is 7.25. The average Bonchev–Trinajstić information content (AvgIpc) is 2.83. The number of hydrogen-bond acceptors (Lipinski definition) is 6. The Labute approximate surface area is 203 Å². The Morgan fingerprint density at radius 1 is 1.03 bits per heavy atom. The molecule has 0 spiro atoms. The van der Waals surface area contributed by atoms with Crippen LogP contribution in [0.1, 0.15) is 21.5 Å². The van der Waals surface area contributed by atoms with E-state index in [1.165, 1.54) is 29.8 Å². The summed E-state index contributed by atoms with van der Waals surface area (Å²) in [6.07, 6.45) is 2.59. The maximum atomic E-state index is 12.5. The van der Waals surface area contributed by atoms with Gasteiger partial charge in [-0.15, -0.1) is 0 Å². The van der Waals surface area contributed by atoms with Gasteiger partial charge in [0, 0.05) is 22.2 Å². The summed E-state index contributed by atoms with van der Waals surface area (Å²) in [5, 5.41) is 4.55. The SMILES string of the molecule is COc1ccc(/C=N\NC(=O)c2ccc(N(Cc3ccc(Cl)cc3)S(C)(=O)=O)cc2)c(OC)c1. The van der Waals surface area contributed by atoms with Gasteiger partial charge in [-0.3, -0.25) is 9.10 Å². The molecule has 0 aliphatic heterocycles. The highest BCUT2D eigenvalue weighted by Crippen LogP contribution is 2.24. The summed E-state index contributed by atoms with van der Waals surface area (Å²) in [5.41, 5.74) is 4.64. The van der Waals surface area contributed by atoms with E-state index in [9.17, 15) is 13.2 Å². The fourth-order valence-corrected chi connectivity index (χ4v) is 4.10. The van der Waals surface area contributed by atoms with E-state index in [1.807, 2.05) is 0 Å². The van der Waals surface area contributed by atoms with Crippen molar-refractivity contribution in [1.82, 2.24) is 5.43 Å². The lowest BCUT2D eigenvalue weighted by Gasteiger charge is -2.22. The number of benzene rings is 3. The molecule has 10 heteroatoms. The summed E-state index contributed by atoms with van der Waals surface area (Å²) in [5.74, 6) is 0.736. The third kappa shape index (κ3) is 6.49. The maximum absolute atomic E-state index is 12.5. The van der Waals surface area contributed by atoms with Crippen LogP contribution in [0.5, 0.6) is 11.5 Å². The number of amides is 1. The van der Waals surface area contributed by atoms with Crippen molar-refractivity contribution in [1.29, 1.82) is 0 Å². The van der Waals surface area contributed by atoms with E-state index in [4.69, 9.17) is 21.1 Å². The van der Waals surface area contributed by atoms with Gasteiger partial charge >= 0.3 is 0 Å². The molecular formula is C24H24ClN3O5S. The number of nitrogens with one attached hydrogen (secondary N) is 1. The normalized spacial score (nSPS) is 11.3. The molecule has 0 heterocycles. The molecule has 0 bridgehead atoms. The molecule has 8 nitrogen and oxygen atoms in total. The van der Waals surface area contributed by atoms with Crippen LogP contribution in [-0.2, 0) is 16.6 Å². The van der Waals surface area contributed by atoms with Crippen LogP contribution in [0.15, 0.2) is 71.8 Å². The monoisotopic (exact) mass is 501 g/mol. The molecule has 0 saturated heterocycles. The number of carbonyl (C=O) groups excluding carboxylic acids is 1. The molecule has 0 radical (unpaired) electrons. The predicted molar refractivity (Wildman–Crippen MR) is 134 cm³/mol. The Morgan fingerprint density at radius 2 is 1.71 bits per heavy atom. The summed E-state index contributed by atoms with van der Waals surface area (Å²) < 4.78 is 36.5. The van der Waals surface area contributed by atoms with Gasteiger partial charge in [-0.05, 0) is 54.1 Å². The number of sulfonamides is 1. The quantitative estimate of drug-likeness (QED) is 0.352. The number of anilines is 1. The second-order valence-corrected chi connectivity index (χ2v) is 9.59. The van der Waals surface area contributed by atoms with E-state index in [2.05, 4.69) is 10.5 Å². The molecule has 3 aromatic carbocycles. The van der Waals surface area contributed by atoms with Gasteiger partial charge in [0.25, 0.3) is 5.91 Å². The van der Waals surface area contributed by atoms with Gasteiger partial charge in [0.2, 0.25) is 10.0 Å². The van der Waals surface area contributed by atoms with Crippen LogP contribution in [-0.4, -0.2) is 41.0 Å². The van der Waals surface area contributed by atoms with Crippen molar-refractivity contribution in [3.63, 3.8) is 0 Å². The van der Waals surface area contributed by atoms with Crippen molar-refractivity contribution in [3.8, 4) is 11.5 Å². The molecular weight excluding hydrogens is 478 g/mol. The number of hydrogen-bond donors (Lipinski definition) is 1. The van der Waals surface area contributed by atoms with Gasteiger partial charge in [-0.2, -0.15) is 5.10 Å². The van der Waals surface area contributed by atoms with Crippen LogP contribution >= 0.6 is 11.6 Å². The van der Waals surface area contributed by atoms with Gasteiger partial charge < -0.3 is 9.47 Å². The molecule has 0 aromatic heterocycles. The maximum Gasteiger partial charge on any atom is 0.271 e. The minimum absolute atomic E-state index is 0.134. The van der Waals surface area contributed by atoms with E-state index >= 15 is 0 Å². The average molecular weight is 502 g/mol. The number of methoxy groups -OCH3 is 2. The molecule has 1 N–H and O–H groups in total. The van der Waals surface area contributed by atoms with Crippen molar-refractivity contribution in [3.05, 3.63) is 88.4 Å². The van der Waals surface area contributed by atoms with E-state index in [-0.39, 0.29) is 6.54 Å². The second kappa shape index (κ2) is 11.0. The first-order valence-corrected chi connectivity index (χ1v) is 12.3. The van der Waals surface area contributed by atoms with Gasteiger partial charge in [0.05, 0.1) is 38.9 Å². The zero-order valence-electron chi connectivity index (χ0n) is 18.9. The molecule has 0 aliphatic carbocycles. The smallest absolute Gasteiger partial charge is 0.271 e. The predicted octanol–water partition coefficient (Wildman–Crippen LogP) is 4.09. The summed E-state index contributed by atoms with van der Waals surface area (Å²) in [6, 6.07) is 18.4. The number of rotatable bonds is 9. The van der Waals surface area contributed by atoms with E-state index in [1.54, 1.807) is 61.7 Å². The van der Waals surface area contributed by atoms with Gasteiger partial charge in [0.1, 0.15) is 11.5 Å². The largest absolute Gasteiger partial charge is 0.497 e. The molecule has 0 aliphatic rings. The fourth-order valence-electron chi connectivity index (χ4n) is 3.08. The third-order valence-corrected chi connectivity index (χ3v) is 6.26. The number of nitrogens with zero attached hydrogens (tertiary/aromatic N) is 2. The van der Waals surface area contributed by atoms with Gasteiger partial charge in [0.15, 0.2) is 0 Å². The van der Waals surface area contributed by atoms with Crippen molar-refractivity contribution in [2.24, 2.45) is 5.10 Å². The first-order chi connectivity index (χ1) is 16.2. The molecule has 0 fully saturated rings. The van der Waals surface area contributed by atoms with Crippen LogP contribution < -0.4 is 19.2 Å². The van der Waals surface area contributed by atoms with Crippen molar-refractivity contribution >= 4 is 39.4 Å². The lowest BCUT2D eigenvalue weighted by Crippen LogP contribution is -2.29. The zero-order valence-corrected chi connectivity index (χ0v) is 20.4. The van der Waals surface area contributed by atoms with Crippen LogP contribution in [0.4, 0.5) is 5.69 Å². The van der Waals surface area contributed by atoms with E-state index in [0.717, 1.165) is 11.8 Å². The number of ether oxygens (including phenoxy) is 2. The van der Waals surface area contributed by atoms with Crippen molar-refractivity contribution in [2.75, 3.05) is 24.8 Å². The Kier molecular flexibility index (Phi) is 8.14. The minimum Gasteiger partial charge on any atom is -0.497 e. The topological polar surface area (TPSA) is 97.3 Å². The summed E-state index contributed by atoms with van der Waals surface area (Å²) in [6.45, 7) is 0.134. The summed E-state index contributed by atoms with van der Waals surface area (Å²) in [7, 11) is -0.477. The number of hydrazone groups is 1. The molecule has 0 atom stereocenters. The Hall–Kier alpha value is -3.56. The number of halogens is 1. The Balaban J connectivity index is 1.71. The van der Waals surface area contributed by atoms with Crippen molar-refractivity contribution < 1.29 is 22.7 Å². The standard InChI is InChI=1S/C24H24ClN3O5S/c1-32-22-13-8-19(23(14-22)33-2)15-26-27-24(29)18-6-11-21(12-7-18)28(34(3,30)31)16-17-4-9-20(25)10-5-17/h4-15H,16H2,1-3H3,(H,27,29)/b26-15-. The van der Waals surface area contributed by atoms with Crippen molar-refractivity contribution in [2.45, 2.75) is 6.54 Å². The minimum atomic E-state index is -3.56. The van der Waals surface area contributed by atoms with E-state index < -0.39 is 15.9 Å². The highest BCUT2D eigenvalue weighted by Gasteiger charge is 2.18. The first-order valence-electron chi connectivity index (χ1n) is 10.1. The highest BCUT2D eigenvalue weighted by molar-refractivity contribution is 7.92. The molecule has 3 rings (SSSR count). The third-order valence-electron chi connectivity index (χ3n) is 4.87.